The maximum atomic E-state index is 9.94. The van der Waals surface area contributed by atoms with Crippen LogP contribution in [0.1, 0.15) is 58.2 Å². The molecule has 1 fully saturated rings. The van der Waals surface area contributed by atoms with Gasteiger partial charge in [-0.2, -0.15) is 10.1 Å². The molecule has 3 aromatic rings. The van der Waals surface area contributed by atoms with E-state index in [1.165, 1.54) is 0 Å². The first-order chi connectivity index (χ1) is 14.4. The molecule has 1 aliphatic heterocycles. The van der Waals surface area contributed by atoms with Gasteiger partial charge in [0.2, 0.25) is 5.95 Å². The average Bonchev–Trinajstić information content (AvgIpc) is 3.36. The molecular weight excluding hydrogens is 378 g/mol. The molecule has 0 saturated carbocycles. The van der Waals surface area contributed by atoms with Gasteiger partial charge < -0.3 is 20.3 Å². The van der Waals surface area contributed by atoms with E-state index in [2.05, 4.69) is 47.4 Å². The van der Waals surface area contributed by atoms with Crippen molar-refractivity contribution in [3.05, 3.63) is 35.4 Å². The molecule has 0 bridgehead atoms. The Labute approximate surface area is 176 Å². The average molecular weight is 410 g/mol. The Balaban J connectivity index is 2.05. The maximum Gasteiger partial charge on any atom is 0.208 e. The van der Waals surface area contributed by atoms with Crippen LogP contribution in [-0.2, 0) is 0 Å². The summed E-state index contributed by atoms with van der Waals surface area (Å²) in [7, 11) is 0. The van der Waals surface area contributed by atoms with Crippen molar-refractivity contribution < 1.29 is 5.11 Å². The molecule has 0 spiro atoms. The number of nitrogens with zero attached hydrogens (tertiary/aromatic N) is 5. The summed E-state index contributed by atoms with van der Waals surface area (Å²) in [5.41, 5.74) is 10.7. The number of H-pyrrole nitrogens is 1. The molecule has 1 aromatic carbocycles. The zero-order valence-electron chi connectivity index (χ0n) is 18.1. The fourth-order valence-corrected chi connectivity index (χ4v) is 4.18. The van der Waals surface area contributed by atoms with Gasteiger partial charge in [-0.05, 0) is 56.9 Å². The summed E-state index contributed by atoms with van der Waals surface area (Å²) in [5, 5.41) is 17.8. The monoisotopic (exact) mass is 409 g/mol. The molecule has 2 aromatic heterocycles. The van der Waals surface area contributed by atoms with Crippen LogP contribution in [0.4, 0.5) is 17.3 Å². The van der Waals surface area contributed by atoms with Crippen molar-refractivity contribution in [2.75, 3.05) is 23.8 Å². The number of hydrogen-bond acceptors (Lipinski definition) is 6. The smallest absolute Gasteiger partial charge is 0.208 e. The molecule has 8 nitrogen and oxygen atoms in total. The highest BCUT2D eigenvalue weighted by atomic mass is 16.3. The number of nitrogens with two attached hydrogens (primary N) is 1. The predicted molar refractivity (Wildman–Crippen MR) is 120 cm³/mol. The lowest BCUT2D eigenvalue weighted by Gasteiger charge is -2.29. The molecule has 3 heterocycles. The van der Waals surface area contributed by atoms with E-state index in [-0.39, 0.29) is 24.6 Å². The van der Waals surface area contributed by atoms with Gasteiger partial charge in [-0.1, -0.05) is 13.8 Å². The van der Waals surface area contributed by atoms with Crippen LogP contribution < -0.4 is 16.1 Å². The number of anilines is 2. The van der Waals surface area contributed by atoms with E-state index in [0.717, 1.165) is 47.7 Å². The van der Waals surface area contributed by atoms with E-state index in [4.69, 9.17) is 15.7 Å². The minimum Gasteiger partial charge on any atom is -0.399 e. The molecule has 1 atom stereocenters. The third kappa shape index (κ3) is 3.56. The lowest BCUT2D eigenvalue weighted by molar-refractivity contribution is 0.265. The van der Waals surface area contributed by atoms with Crippen LogP contribution in [-0.4, -0.2) is 44.0 Å². The Hall–Kier alpha value is -2.87. The van der Waals surface area contributed by atoms with E-state index in [0.29, 0.717) is 11.2 Å². The number of rotatable bonds is 5. The minimum absolute atomic E-state index is 0.0683. The van der Waals surface area contributed by atoms with Crippen molar-refractivity contribution in [1.29, 1.82) is 0 Å². The van der Waals surface area contributed by atoms with Crippen molar-refractivity contribution >= 4 is 28.4 Å². The number of aromatic amines is 1. The number of aliphatic hydroxyl groups is 1. The number of aliphatic hydroxyl groups excluding tert-OH is 1. The molecule has 4 N–H and O–H groups in total. The van der Waals surface area contributed by atoms with Crippen molar-refractivity contribution in [3.8, 4) is 0 Å². The quantitative estimate of drug-likeness (QED) is 0.561. The van der Waals surface area contributed by atoms with Crippen molar-refractivity contribution in [2.45, 2.75) is 58.5 Å². The topological polar surface area (TPSA) is 108 Å². The van der Waals surface area contributed by atoms with Gasteiger partial charge in [0.15, 0.2) is 11.0 Å². The summed E-state index contributed by atoms with van der Waals surface area (Å²) in [6.45, 7) is 9.60. The summed E-state index contributed by atoms with van der Waals surface area (Å²) in [6, 6.07) is 7.68. The summed E-state index contributed by atoms with van der Waals surface area (Å²) < 4.78 is 2.24. The minimum atomic E-state index is 0.0683. The third-order valence-corrected chi connectivity index (χ3v) is 5.71. The van der Waals surface area contributed by atoms with Crippen LogP contribution in [0, 0.1) is 0 Å². The molecule has 30 heavy (non-hydrogen) atoms. The number of hydrogen-bond donors (Lipinski definition) is 3. The number of nitrogens with one attached hydrogen (secondary N) is 1. The first kappa shape index (κ1) is 20.4. The van der Waals surface area contributed by atoms with Crippen LogP contribution in [0.3, 0.4) is 0 Å². The number of aromatic nitrogens is 4. The maximum absolute atomic E-state index is 9.94. The molecule has 0 amide bonds. The van der Waals surface area contributed by atoms with E-state index in [1.807, 2.05) is 24.3 Å². The fraction of sp³-hybridized carbons (Fsp3) is 0.500. The highest BCUT2D eigenvalue weighted by Gasteiger charge is 2.30. The Morgan fingerprint density at radius 3 is 2.60 bits per heavy atom. The first-order valence-corrected chi connectivity index (χ1v) is 10.7. The van der Waals surface area contributed by atoms with Crippen molar-refractivity contribution in [2.24, 2.45) is 4.99 Å². The third-order valence-electron chi connectivity index (χ3n) is 5.71. The van der Waals surface area contributed by atoms with Crippen molar-refractivity contribution in [1.82, 2.24) is 19.7 Å². The Kier molecular flexibility index (Phi) is 5.51. The van der Waals surface area contributed by atoms with Gasteiger partial charge in [0.1, 0.15) is 0 Å². The number of nitrogen functional groups attached to an aromatic ring is 1. The lowest BCUT2D eigenvalue weighted by atomic mass is 10.1. The fourth-order valence-electron chi connectivity index (χ4n) is 4.18. The molecule has 1 unspecified atom stereocenters. The molecule has 0 radical (unpaired) electrons. The van der Waals surface area contributed by atoms with Gasteiger partial charge in [-0.3, -0.25) is 5.10 Å². The van der Waals surface area contributed by atoms with Gasteiger partial charge in [0, 0.05) is 18.3 Å². The van der Waals surface area contributed by atoms with Crippen molar-refractivity contribution in [3.63, 3.8) is 0 Å². The Bertz CT molecular complexity index is 1100. The predicted octanol–water partition coefficient (Wildman–Crippen LogP) is 3.24. The largest absolute Gasteiger partial charge is 0.399 e. The molecule has 1 saturated heterocycles. The standard InChI is InChI=1S/C22H31N7O/c1-13(2)18-20-19(27-26-18)21(24-16-9-7-15(23)8-10-16)25-22(29(20)14(3)4)28-11-5-6-17(28)12-30/h7-10,13-14,17,30H,5-6,11-12,23H2,1-4H3,(H,26,27). The molecule has 160 valence electrons. The van der Waals surface area contributed by atoms with Gasteiger partial charge >= 0.3 is 0 Å². The second-order valence-corrected chi connectivity index (χ2v) is 8.56. The summed E-state index contributed by atoms with van der Waals surface area (Å²) >= 11 is 0. The molecular formula is C22H31N7O. The van der Waals surface area contributed by atoms with Gasteiger partial charge in [0.05, 0.1) is 29.5 Å². The highest BCUT2D eigenvalue weighted by molar-refractivity contribution is 5.79. The second-order valence-electron chi connectivity index (χ2n) is 8.56. The SMILES string of the molecule is CC(C)c1[nH]nc2c(=Nc3ccc(N)cc3)nc(N3CCCC3CO)n(C(C)C)c12. The highest BCUT2D eigenvalue weighted by Crippen LogP contribution is 2.31. The van der Waals surface area contributed by atoms with E-state index in [9.17, 15) is 5.11 Å². The van der Waals surface area contributed by atoms with E-state index in [1.54, 1.807) is 0 Å². The zero-order valence-corrected chi connectivity index (χ0v) is 18.1. The zero-order chi connectivity index (χ0) is 21.4. The van der Waals surface area contributed by atoms with Crippen LogP contribution in [0.5, 0.6) is 0 Å². The van der Waals surface area contributed by atoms with Crippen LogP contribution in [0.25, 0.3) is 11.0 Å². The second kappa shape index (κ2) is 8.10. The van der Waals surface area contributed by atoms with Crippen LogP contribution in [0.15, 0.2) is 29.3 Å². The van der Waals surface area contributed by atoms with E-state index < -0.39 is 0 Å². The van der Waals surface area contributed by atoms with Gasteiger partial charge in [-0.25, -0.2) is 4.99 Å². The Morgan fingerprint density at radius 2 is 1.97 bits per heavy atom. The van der Waals surface area contributed by atoms with Crippen LogP contribution in [0.2, 0.25) is 0 Å². The summed E-state index contributed by atoms with van der Waals surface area (Å²) in [6.07, 6.45) is 2.00. The molecule has 1 aliphatic rings. The number of fused-ring (bicyclic) bond motifs is 1. The molecule has 8 heteroatoms. The van der Waals surface area contributed by atoms with Gasteiger partial charge in [0.25, 0.3) is 0 Å². The summed E-state index contributed by atoms with van der Waals surface area (Å²) in [4.78, 5) is 12.0. The lowest BCUT2D eigenvalue weighted by Crippen LogP contribution is -2.37. The summed E-state index contributed by atoms with van der Waals surface area (Å²) in [5.74, 6) is 1.11. The van der Waals surface area contributed by atoms with Gasteiger partial charge in [-0.15, -0.1) is 0 Å². The van der Waals surface area contributed by atoms with Crippen LogP contribution >= 0.6 is 0 Å². The van der Waals surface area contributed by atoms with E-state index >= 15 is 0 Å². The normalized spacial score (nSPS) is 17.8. The Morgan fingerprint density at radius 1 is 1.23 bits per heavy atom. The molecule has 0 aliphatic carbocycles. The molecule has 4 rings (SSSR count). The number of benzene rings is 1. The first-order valence-electron chi connectivity index (χ1n) is 10.7.